The van der Waals surface area contributed by atoms with Gasteiger partial charge in [-0.15, -0.1) is 0 Å². The van der Waals surface area contributed by atoms with Gasteiger partial charge >= 0.3 is 6.03 Å². The minimum Gasteiger partial charge on any atom is -0.506 e. The summed E-state index contributed by atoms with van der Waals surface area (Å²) in [5.74, 6) is -0.400. The number of nitrogens with zero attached hydrogens (tertiary/aromatic N) is 1. The summed E-state index contributed by atoms with van der Waals surface area (Å²) in [5.41, 5.74) is 0.822. The average Bonchev–Trinajstić information content (AvgIpc) is 2.59. The van der Waals surface area contributed by atoms with Crippen LogP contribution in [0.15, 0.2) is 23.9 Å². The third-order valence-corrected chi connectivity index (χ3v) is 2.86. The molecular formula is C12H11ClN2O3. The molecule has 0 spiro atoms. The maximum absolute atomic E-state index is 11.8. The highest BCUT2D eigenvalue weighted by Gasteiger charge is 2.31. The number of nitrogens with one attached hydrogen (secondary N) is 1. The Morgan fingerprint density at radius 1 is 1.44 bits per heavy atom. The van der Waals surface area contributed by atoms with E-state index in [2.05, 4.69) is 5.32 Å². The summed E-state index contributed by atoms with van der Waals surface area (Å²) in [7, 11) is 0. The number of carbonyl (C=O) groups excluding carboxylic acids is 2. The first-order chi connectivity index (χ1) is 8.52. The summed E-state index contributed by atoms with van der Waals surface area (Å²) in [6, 6.07) is 4.10. The first kappa shape index (κ1) is 12.4. The average molecular weight is 267 g/mol. The van der Waals surface area contributed by atoms with Gasteiger partial charge in [0.05, 0.1) is 5.02 Å². The fourth-order valence-corrected chi connectivity index (χ4v) is 1.83. The zero-order chi connectivity index (χ0) is 13.3. The molecule has 0 radical (unpaired) electrons. The van der Waals surface area contributed by atoms with Crippen molar-refractivity contribution < 1.29 is 14.7 Å². The van der Waals surface area contributed by atoms with E-state index in [1.807, 2.05) is 0 Å². The number of phenols is 1. The van der Waals surface area contributed by atoms with Crippen molar-refractivity contribution in [3.63, 3.8) is 0 Å². The standard InChI is InChI=1S/C12H11ClN2O3/c1-2-15-11(17)9(14-12(15)18)6-7-3-4-10(16)8(13)5-7/h3-6,16H,2H2,1H3,(H,14,18)/b9-6+. The van der Waals surface area contributed by atoms with Crippen molar-refractivity contribution in [1.29, 1.82) is 0 Å². The van der Waals surface area contributed by atoms with Crippen LogP contribution >= 0.6 is 11.6 Å². The molecule has 1 aromatic rings. The van der Waals surface area contributed by atoms with E-state index in [0.717, 1.165) is 4.90 Å². The zero-order valence-electron chi connectivity index (χ0n) is 9.61. The normalized spacial score (nSPS) is 17.4. The lowest BCUT2D eigenvalue weighted by atomic mass is 10.2. The summed E-state index contributed by atoms with van der Waals surface area (Å²) < 4.78 is 0. The lowest BCUT2D eigenvalue weighted by Crippen LogP contribution is -2.30. The van der Waals surface area contributed by atoms with Crippen LogP contribution in [0.2, 0.25) is 5.02 Å². The summed E-state index contributed by atoms with van der Waals surface area (Å²) in [5, 5.41) is 11.9. The molecule has 0 unspecified atom stereocenters. The van der Waals surface area contributed by atoms with Gasteiger partial charge in [-0.3, -0.25) is 9.69 Å². The van der Waals surface area contributed by atoms with E-state index in [9.17, 15) is 14.7 Å². The number of rotatable bonds is 2. The van der Waals surface area contributed by atoms with Gasteiger partial charge in [-0.25, -0.2) is 4.79 Å². The van der Waals surface area contributed by atoms with Gasteiger partial charge in [-0.05, 0) is 30.7 Å². The molecule has 1 aliphatic heterocycles. The molecule has 0 saturated carbocycles. The van der Waals surface area contributed by atoms with Crippen LogP contribution in [0.25, 0.3) is 6.08 Å². The Bertz CT molecular complexity index is 554. The van der Waals surface area contributed by atoms with Crippen molar-refractivity contribution in [1.82, 2.24) is 10.2 Å². The predicted molar refractivity (Wildman–Crippen MR) is 67.0 cm³/mol. The number of hydrogen-bond donors (Lipinski definition) is 2. The van der Waals surface area contributed by atoms with Gasteiger partial charge in [0.15, 0.2) is 0 Å². The first-order valence-electron chi connectivity index (χ1n) is 5.36. The summed E-state index contributed by atoms with van der Waals surface area (Å²) in [4.78, 5) is 24.3. The molecule has 0 aliphatic carbocycles. The monoisotopic (exact) mass is 266 g/mol. The zero-order valence-corrected chi connectivity index (χ0v) is 10.4. The number of halogens is 1. The number of imide groups is 1. The molecule has 0 bridgehead atoms. The lowest BCUT2D eigenvalue weighted by molar-refractivity contribution is -0.122. The van der Waals surface area contributed by atoms with Crippen LogP contribution in [0.5, 0.6) is 5.75 Å². The van der Waals surface area contributed by atoms with Crippen LogP contribution in [0.3, 0.4) is 0 Å². The maximum atomic E-state index is 11.8. The van der Waals surface area contributed by atoms with E-state index < -0.39 is 6.03 Å². The van der Waals surface area contributed by atoms with Crippen molar-refractivity contribution in [2.75, 3.05) is 6.54 Å². The second kappa shape index (κ2) is 4.70. The first-order valence-corrected chi connectivity index (χ1v) is 5.73. The Hall–Kier alpha value is -2.01. The highest BCUT2D eigenvalue weighted by Crippen LogP contribution is 2.25. The quantitative estimate of drug-likeness (QED) is 0.635. The van der Waals surface area contributed by atoms with Crippen LogP contribution in [0, 0.1) is 0 Å². The maximum Gasteiger partial charge on any atom is 0.328 e. The molecule has 5 nitrogen and oxygen atoms in total. The number of phenolic OH excluding ortho intramolecular Hbond substituents is 1. The topological polar surface area (TPSA) is 69.6 Å². The minimum absolute atomic E-state index is 0.0317. The number of amides is 3. The van der Waals surface area contributed by atoms with Gasteiger partial charge in [0, 0.05) is 6.54 Å². The van der Waals surface area contributed by atoms with Crippen LogP contribution in [-0.2, 0) is 4.79 Å². The fraction of sp³-hybridized carbons (Fsp3) is 0.167. The predicted octanol–water partition coefficient (Wildman–Crippen LogP) is 1.96. The van der Waals surface area contributed by atoms with Gasteiger partial charge < -0.3 is 10.4 Å². The Balaban J connectivity index is 2.32. The molecule has 1 aliphatic rings. The number of urea groups is 1. The smallest absolute Gasteiger partial charge is 0.328 e. The highest BCUT2D eigenvalue weighted by molar-refractivity contribution is 6.32. The van der Waals surface area contributed by atoms with E-state index in [1.54, 1.807) is 13.0 Å². The molecule has 2 N–H and O–H groups in total. The van der Waals surface area contributed by atoms with Crippen LogP contribution in [0.1, 0.15) is 12.5 Å². The fourth-order valence-electron chi connectivity index (χ4n) is 1.64. The van der Waals surface area contributed by atoms with Crippen LogP contribution in [-0.4, -0.2) is 28.5 Å². The van der Waals surface area contributed by atoms with Gasteiger partial charge in [0.2, 0.25) is 0 Å². The van der Waals surface area contributed by atoms with Gasteiger partial charge in [0.1, 0.15) is 11.4 Å². The van der Waals surface area contributed by atoms with Crippen LogP contribution < -0.4 is 5.32 Å². The van der Waals surface area contributed by atoms with Crippen molar-refractivity contribution in [3.8, 4) is 5.75 Å². The highest BCUT2D eigenvalue weighted by atomic mass is 35.5. The molecule has 94 valence electrons. The van der Waals surface area contributed by atoms with Gasteiger partial charge in [-0.1, -0.05) is 17.7 Å². The van der Waals surface area contributed by atoms with E-state index in [-0.39, 0.29) is 22.4 Å². The van der Waals surface area contributed by atoms with E-state index in [1.165, 1.54) is 18.2 Å². The number of carbonyl (C=O) groups is 2. The Morgan fingerprint density at radius 3 is 2.72 bits per heavy atom. The number of benzene rings is 1. The molecule has 1 saturated heterocycles. The Morgan fingerprint density at radius 2 is 2.17 bits per heavy atom. The van der Waals surface area contributed by atoms with E-state index in [0.29, 0.717) is 12.1 Å². The molecule has 0 atom stereocenters. The molecule has 2 rings (SSSR count). The summed E-state index contributed by atoms with van der Waals surface area (Å²) in [6.45, 7) is 2.04. The Labute approximate surface area is 109 Å². The second-order valence-corrected chi connectivity index (χ2v) is 4.16. The van der Waals surface area contributed by atoms with Gasteiger partial charge in [-0.2, -0.15) is 0 Å². The molecule has 1 aromatic carbocycles. The molecule has 1 heterocycles. The largest absolute Gasteiger partial charge is 0.506 e. The molecule has 1 fully saturated rings. The minimum atomic E-state index is -0.432. The third kappa shape index (κ3) is 2.17. The van der Waals surface area contributed by atoms with E-state index >= 15 is 0 Å². The van der Waals surface area contributed by atoms with Crippen molar-refractivity contribution >= 4 is 29.6 Å². The van der Waals surface area contributed by atoms with Crippen molar-refractivity contribution in [3.05, 3.63) is 34.5 Å². The summed E-state index contributed by atoms with van der Waals surface area (Å²) >= 11 is 5.76. The SMILES string of the molecule is CCN1C(=O)N/C(=C/c2ccc(O)c(Cl)c2)C1=O. The molecule has 6 heteroatoms. The van der Waals surface area contributed by atoms with Crippen LogP contribution in [0.4, 0.5) is 4.79 Å². The molecule has 18 heavy (non-hydrogen) atoms. The van der Waals surface area contributed by atoms with Crippen molar-refractivity contribution in [2.45, 2.75) is 6.92 Å². The summed E-state index contributed by atoms with van der Waals surface area (Å²) in [6.07, 6.45) is 1.52. The lowest BCUT2D eigenvalue weighted by Gasteiger charge is -2.06. The number of hydrogen-bond acceptors (Lipinski definition) is 3. The molecule has 3 amide bonds. The van der Waals surface area contributed by atoms with Gasteiger partial charge in [0.25, 0.3) is 5.91 Å². The number of likely N-dealkylation sites (N-methyl/N-ethyl adjacent to an activating group) is 1. The van der Waals surface area contributed by atoms with Crippen molar-refractivity contribution in [2.24, 2.45) is 0 Å². The Kier molecular flexibility index (Phi) is 3.25. The third-order valence-electron chi connectivity index (χ3n) is 2.56. The second-order valence-electron chi connectivity index (χ2n) is 3.75. The molecule has 0 aromatic heterocycles. The van der Waals surface area contributed by atoms with E-state index in [4.69, 9.17) is 11.6 Å². The number of aromatic hydroxyl groups is 1. The molecular weight excluding hydrogens is 256 g/mol.